The minimum atomic E-state index is 0.117. The van der Waals surface area contributed by atoms with Gasteiger partial charge in [0.1, 0.15) is 0 Å². The first kappa shape index (κ1) is 19.5. The van der Waals surface area contributed by atoms with Crippen LogP contribution in [-0.4, -0.2) is 0 Å². The third-order valence-corrected chi connectivity index (χ3v) is 4.16. The third-order valence-electron chi connectivity index (χ3n) is 4.16. The summed E-state index contributed by atoms with van der Waals surface area (Å²) in [5, 5.41) is 0. The van der Waals surface area contributed by atoms with Gasteiger partial charge < -0.3 is 5.73 Å². The summed E-state index contributed by atoms with van der Waals surface area (Å²) in [5.41, 5.74) is 11.5. The maximum atomic E-state index is 6.10. The number of para-hydroxylation sites is 1. The summed E-state index contributed by atoms with van der Waals surface area (Å²) in [6.07, 6.45) is 8.02. The van der Waals surface area contributed by atoms with E-state index in [2.05, 4.69) is 72.8 Å². The number of benzene rings is 1. The maximum Gasteiger partial charge on any atom is 0.0346 e. The molecule has 128 valence electrons. The second kappa shape index (κ2) is 7.86. The molecular formula is C22H35N. The van der Waals surface area contributed by atoms with E-state index in [9.17, 15) is 0 Å². The average molecular weight is 314 g/mol. The fourth-order valence-electron chi connectivity index (χ4n) is 3.26. The molecule has 0 aliphatic heterocycles. The van der Waals surface area contributed by atoms with Crippen LogP contribution in [-0.2, 0) is 6.42 Å². The molecule has 0 fully saturated rings. The molecule has 1 aromatic rings. The van der Waals surface area contributed by atoms with Gasteiger partial charge in [0.2, 0.25) is 0 Å². The molecule has 0 amide bonds. The molecule has 0 saturated carbocycles. The van der Waals surface area contributed by atoms with Crippen molar-refractivity contribution in [1.29, 1.82) is 0 Å². The van der Waals surface area contributed by atoms with E-state index in [0.29, 0.717) is 5.41 Å². The molecule has 0 aliphatic carbocycles. The average Bonchev–Trinajstić information content (AvgIpc) is 2.37. The number of nitrogen functional groups attached to an aromatic ring is 1. The Morgan fingerprint density at radius 1 is 1.04 bits per heavy atom. The van der Waals surface area contributed by atoms with E-state index in [1.807, 2.05) is 12.1 Å². The summed E-state index contributed by atoms with van der Waals surface area (Å²) in [4.78, 5) is 0. The summed E-state index contributed by atoms with van der Waals surface area (Å²) >= 11 is 0. The van der Waals surface area contributed by atoms with Gasteiger partial charge in [0.05, 0.1) is 0 Å². The van der Waals surface area contributed by atoms with Crippen LogP contribution in [0.5, 0.6) is 0 Å². The Bertz CT molecular complexity index is 569. The summed E-state index contributed by atoms with van der Waals surface area (Å²) in [7, 11) is 0. The Balaban J connectivity index is 2.79. The maximum absolute atomic E-state index is 6.10. The number of anilines is 1. The zero-order valence-electron chi connectivity index (χ0n) is 16.2. The van der Waals surface area contributed by atoms with Gasteiger partial charge in [0.25, 0.3) is 0 Å². The van der Waals surface area contributed by atoms with Gasteiger partial charge in [-0.1, -0.05) is 69.2 Å². The predicted octanol–water partition coefficient (Wildman–Crippen LogP) is 6.56. The largest absolute Gasteiger partial charge is 0.399 e. The lowest BCUT2D eigenvalue weighted by atomic mass is 9.78. The van der Waals surface area contributed by atoms with Crippen LogP contribution in [0.3, 0.4) is 0 Å². The summed E-state index contributed by atoms with van der Waals surface area (Å²) in [6.45, 7) is 15.9. The molecule has 1 heteroatoms. The van der Waals surface area contributed by atoms with E-state index in [1.165, 1.54) is 16.7 Å². The van der Waals surface area contributed by atoms with Crippen molar-refractivity contribution in [3.63, 3.8) is 0 Å². The Labute approximate surface area is 143 Å². The van der Waals surface area contributed by atoms with E-state index in [1.54, 1.807) is 0 Å². The molecule has 1 aromatic carbocycles. The van der Waals surface area contributed by atoms with E-state index in [4.69, 9.17) is 5.73 Å². The molecular weight excluding hydrogens is 278 g/mol. The van der Waals surface area contributed by atoms with E-state index >= 15 is 0 Å². The van der Waals surface area contributed by atoms with Crippen LogP contribution in [0.4, 0.5) is 5.69 Å². The molecule has 0 aromatic heterocycles. The summed E-state index contributed by atoms with van der Waals surface area (Å²) < 4.78 is 0. The Hall–Kier alpha value is -1.50. The second-order valence-electron chi connectivity index (χ2n) is 8.68. The fraction of sp³-hybridized carbons (Fsp3) is 0.545. The fourth-order valence-corrected chi connectivity index (χ4v) is 3.26. The highest BCUT2D eigenvalue weighted by atomic mass is 14.6. The van der Waals surface area contributed by atoms with Gasteiger partial charge in [0, 0.05) is 5.69 Å². The number of hydrogen-bond acceptors (Lipinski definition) is 1. The molecule has 23 heavy (non-hydrogen) atoms. The normalized spacial score (nSPS) is 13.1. The zero-order chi connectivity index (χ0) is 17.7. The predicted molar refractivity (Wildman–Crippen MR) is 105 cm³/mol. The molecule has 0 spiro atoms. The third kappa shape index (κ3) is 7.54. The van der Waals surface area contributed by atoms with Gasteiger partial charge >= 0.3 is 0 Å². The summed E-state index contributed by atoms with van der Waals surface area (Å²) in [5.74, 6) is 0. The van der Waals surface area contributed by atoms with E-state index < -0.39 is 0 Å². The van der Waals surface area contributed by atoms with Crippen molar-refractivity contribution in [2.45, 2.75) is 67.7 Å². The molecule has 1 nitrogen and oxygen atoms in total. The quantitative estimate of drug-likeness (QED) is 0.448. The van der Waals surface area contributed by atoms with Gasteiger partial charge in [-0.25, -0.2) is 0 Å². The second-order valence-corrected chi connectivity index (χ2v) is 8.68. The van der Waals surface area contributed by atoms with Crippen molar-refractivity contribution in [2.24, 2.45) is 10.8 Å². The highest BCUT2D eigenvalue weighted by Gasteiger charge is 2.21. The Morgan fingerprint density at radius 2 is 1.65 bits per heavy atom. The Kier molecular flexibility index (Phi) is 6.68. The van der Waals surface area contributed by atoms with Gasteiger partial charge in [-0.05, 0) is 62.5 Å². The number of nitrogens with two attached hydrogens (primary N) is 1. The first-order valence-electron chi connectivity index (χ1n) is 8.66. The van der Waals surface area contributed by atoms with Crippen LogP contribution in [0.25, 0.3) is 0 Å². The number of hydrogen-bond donors (Lipinski definition) is 1. The first-order chi connectivity index (χ1) is 10.5. The monoisotopic (exact) mass is 313 g/mol. The van der Waals surface area contributed by atoms with Crippen LogP contribution in [0.15, 0.2) is 47.6 Å². The van der Waals surface area contributed by atoms with Crippen LogP contribution in [0.2, 0.25) is 0 Å². The van der Waals surface area contributed by atoms with Crippen molar-refractivity contribution < 1.29 is 0 Å². The van der Waals surface area contributed by atoms with Gasteiger partial charge in [-0.15, -0.1) is 0 Å². The van der Waals surface area contributed by atoms with Gasteiger partial charge in [-0.2, -0.15) is 0 Å². The molecule has 2 N–H and O–H groups in total. The first-order valence-corrected chi connectivity index (χ1v) is 8.66. The lowest BCUT2D eigenvalue weighted by Gasteiger charge is -2.27. The minimum Gasteiger partial charge on any atom is -0.399 e. The molecule has 0 bridgehead atoms. The molecule has 0 aliphatic rings. The van der Waals surface area contributed by atoms with Crippen molar-refractivity contribution in [3.05, 3.63) is 53.1 Å². The van der Waals surface area contributed by atoms with Crippen LogP contribution >= 0.6 is 0 Å². The number of rotatable bonds is 7. The minimum absolute atomic E-state index is 0.117. The molecule has 1 rings (SSSR count). The van der Waals surface area contributed by atoms with Gasteiger partial charge in [0.15, 0.2) is 0 Å². The molecule has 0 heterocycles. The van der Waals surface area contributed by atoms with Crippen molar-refractivity contribution >= 4 is 5.69 Å². The van der Waals surface area contributed by atoms with Crippen LogP contribution in [0.1, 0.15) is 66.9 Å². The summed E-state index contributed by atoms with van der Waals surface area (Å²) in [6, 6.07) is 8.20. The lowest BCUT2D eigenvalue weighted by Crippen LogP contribution is -2.16. The molecule has 0 radical (unpaired) electrons. The van der Waals surface area contributed by atoms with Crippen molar-refractivity contribution in [3.8, 4) is 0 Å². The van der Waals surface area contributed by atoms with E-state index in [-0.39, 0.29) is 5.41 Å². The molecule has 0 atom stereocenters. The van der Waals surface area contributed by atoms with E-state index in [0.717, 1.165) is 24.9 Å². The highest BCUT2D eigenvalue weighted by Crippen LogP contribution is 2.33. The highest BCUT2D eigenvalue weighted by molar-refractivity contribution is 5.47. The van der Waals surface area contributed by atoms with Crippen molar-refractivity contribution in [1.82, 2.24) is 0 Å². The number of allylic oxidation sites excluding steroid dienone is 4. The molecule has 0 saturated heterocycles. The van der Waals surface area contributed by atoms with Crippen LogP contribution < -0.4 is 5.73 Å². The van der Waals surface area contributed by atoms with Gasteiger partial charge in [-0.3, -0.25) is 0 Å². The lowest BCUT2D eigenvalue weighted by molar-refractivity contribution is 0.362. The standard InChI is InChI=1S/C22H35N/c1-17(2)12-13-21(4,5)14-18(3)15-22(6,7)16-19-10-8-9-11-20(19)23/h8-12,15H,13-14,16,23H2,1-7H3/b18-15+. The van der Waals surface area contributed by atoms with Crippen molar-refractivity contribution in [2.75, 3.05) is 5.73 Å². The zero-order valence-corrected chi connectivity index (χ0v) is 16.2. The molecule has 0 unspecified atom stereocenters. The SMILES string of the molecule is CC(C)=CCC(C)(C)C/C(C)=C/C(C)(C)Cc1ccccc1N. The smallest absolute Gasteiger partial charge is 0.0346 e. The van der Waals surface area contributed by atoms with Crippen LogP contribution in [0, 0.1) is 10.8 Å². The Morgan fingerprint density at radius 3 is 2.22 bits per heavy atom. The topological polar surface area (TPSA) is 26.0 Å².